The molecule has 0 fully saturated rings. The fourth-order valence-electron chi connectivity index (χ4n) is 2.14. The lowest BCUT2D eigenvalue weighted by Gasteiger charge is -2.16. The van der Waals surface area contributed by atoms with Gasteiger partial charge in [-0.15, -0.1) is 5.10 Å². The second-order valence-electron chi connectivity index (χ2n) is 4.73. The van der Waals surface area contributed by atoms with Gasteiger partial charge in [0, 0.05) is 23.0 Å². The van der Waals surface area contributed by atoms with Crippen molar-refractivity contribution in [1.29, 1.82) is 0 Å². The first-order valence-corrected chi connectivity index (χ1v) is 7.65. The summed E-state index contributed by atoms with van der Waals surface area (Å²) < 4.78 is 7.01. The Bertz CT molecular complexity index is 663. The number of aromatic nitrogens is 3. The Morgan fingerprint density at radius 2 is 2.29 bits per heavy atom. The van der Waals surface area contributed by atoms with Gasteiger partial charge in [-0.1, -0.05) is 13.0 Å². The number of nitrogens with two attached hydrogens (primary N) is 1. The molecule has 1 aromatic carbocycles. The average molecular weight is 308 g/mol. The van der Waals surface area contributed by atoms with Crippen LogP contribution in [0.1, 0.15) is 31.9 Å². The molecule has 0 amide bonds. The number of methoxy groups -OCH3 is 1. The molecule has 21 heavy (non-hydrogen) atoms. The third-order valence-electron chi connectivity index (χ3n) is 3.07. The van der Waals surface area contributed by atoms with E-state index in [4.69, 9.17) is 10.5 Å². The zero-order chi connectivity index (χ0) is 15.4. The first-order valence-electron chi connectivity index (χ1n) is 6.84. The van der Waals surface area contributed by atoms with Gasteiger partial charge in [-0.2, -0.15) is 0 Å². The van der Waals surface area contributed by atoms with Gasteiger partial charge in [0.2, 0.25) is 0 Å². The molecule has 0 saturated carbocycles. The Morgan fingerprint density at radius 1 is 1.52 bits per heavy atom. The molecule has 0 aliphatic rings. The number of ether oxygens (including phenoxy) is 1. The zero-order valence-corrected chi connectivity index (χ0v) is 13.2. The number of nitrogens with one attached hydrogen (secondary N) is 1. The monoisotopic (exact) mass is 308 g/mol. The summed E-state index contributed by atoms with van der Waals surface area (Å²) in [5.74, 6) is 0.745. The minimum absolute atomic E-state index is 0.172. The van der Waals surface area contributed by atoms with Gasteiger partial charge in [0.1, 0.15) is 5.75 Å². The van der Waals surface area contributed by atoms with Gasteiger partial charge in [-0.25, -0.2) is 9.89 Å². The summed E-state index contributed by atoms with van der Waals surface area (Å²) in [6, 6.07) is 5.57. The molecule has 1 aromatic heterocycles. The molecular formula is C14H20N4O2S. The highest BCUT2D eigenvalue weighted by Gasteiger charge is 2.17. The van der Waals surface area contributed by atoms with Gasteiger partial charge >= 0.3 is 5.69 Å². The van der Waals surface area contributed by atoms with Gasteiger partial charge < -0.3 is 10.5 Å². The van der Waals surface area contributed by atoms with Gasteiger partial charge in [0.05, 0.1) is 7.11 Å². The third kappa shape index (κ3) is 3.30. The fourth-order valence-corrected chi connectivity index (χ4v) is 3.26. The molecule has 1 atom stereocenters. The molecule has 0 radical (unpaired) electrons. The maximum absolute atomic E-state index is 11.7. The summed E-state index contributed by atoms with van der Waals surface area (Å²) >= 11 is 1.42. The predicted molar refractivity (Wildman–Crippen MR) is 82.9 cm³/mol. The lowest BCUT2D eigenvalue weighted by atomic mass is 10.1. The van der Waals surface area contributed by atoms with E-state index in [1.165, 1.54) is 11.8 Å². The third-order valence-corrected chi connectivity index (χ3v) is 4.14. The number of benzene rings is 1. The van der Waals surface area contributed by atoms with Crippen LogP contribution < -0.4 is 16.2 Å². The van der Waals surface area contributed by atoms with Gasteiger partial charge in [0.25, 0.3) is 0 Å². The summed E-state index contributed by atoms with van der Waals surface area (Å²) in [5, 5.41) is 7.22. The summed E-state index contributed by atoms with van der Waals surface area (Å²) in [4.78, 5) is 12.7. The van der Waals surface area contributed by atoms with Gasteiger partial charge in [-0.05, 0) is 37.2 Å². The van der Waals surface area contributed by atoms with E-state index in [-0.39, 0.29) is 11.7 Å². The van der Waals surface area contributed by atoms with Crippen molar-refractivity contribution in [3.05, 3.63) is 34.2 Å². The Labute approximate surface area is 127 Å². The first kappa shape index (κ1) is 15.7. The minimum atomic E-state index is -0.190. The quantitative estimate of drug-likeness (QED) is 0.854. The number of rotatable bonds is 6. The number of aromatic amines is 1. The standard InChI is InChI=1S/C14H20N4O2S/c1-4-8-18-13(19)16-17-14(18)21-11-7-5-6-10(20-3)12(11)9(2)15/h5-7,9H,4,8,15H2,1-3H3,(H,16,19)/t9-/m0/s1. The van der Waals surface area contributed by atoms with E-state index in [2.05, 4.69) is 10.2 Å². The molecule has 0 aliphatic heterocycles. The highest BCUT2D eigenvalue weighted by Crippen LogP contribution is 2.36. The topological polar surface area (TPSA) is 85.9 Å². The molecule has 0 bridgehead atoms. The normalized spacial score (nSPS) is 12.4. The Morgan fingerprint density at radius 3 is 2.90 bits per heavy atom. The van der Waals surface area contributed by atoms with Gasteiger partial charge in [-0.3, -0.25) is 4.57 Å². The molecule has 2 rings (SSSR count). The van der Waals surface area contributed by atoms with Crippen molar-refractivity contribution in [3.8, 4) is 5.75 Å². The highest BCUT2D eigenvalue weighted by atomic mass is 32.2. The number of hydrogen-bond donors (Lipinski definition) is 2. The van der Waals surface area contributed by atoms with Crippen molar-refractivity contribution in [3.63, 3.8) is 0 Å². The van der Waals surface area contributed by atoms with E-state index in [0.717, 1.165) is 22.6 Å². The molecular weight excluding hydrogens is 288 g/mol. The smallest absolute Gasteiger partial charge is 0.343 e. The second kappa shape index (κ2) is 6.82. The van der Waals surface area contributed by atoms with Gasteiger partial charge in [0.15, 0.2) is 5.16 Å². The SMILES string of the molecule is CCCn1c(Sc2cccc(OC)c2[C@H](C)N)n[nH]c1=O. The van der Waals surface area contributed by atoms with E-state index in [1.807, 2.05) is 32.0 Å². The fraction of sp³-hybridized carbons (Fsp3) is 0.429. The Hall–Kier alpha value is -1.73. The van der Waals surface area contributed by atoms with Crippen LogP contribution >= 0.6 is 11.8 Å². The number of hydrogen-bond acceptors (Lipinski definition) is 5. The molecule has 6 nitrogen and oxygen atoms in total. The van der Waals surface area contributed by atoms with Crippen LogP contribution in [0.4, 0.5) is 0 Å². The highest BCUT2D eigenvalue weighted by molar-refractivity contribution is 7.99. The largest absolute Gasteiger partial charge is 0.496 e. The van der Waals surface area contributed by atoms with E-state index < -0.39 is 0 Å². The molecule has 0 spiro atoms. The number of H-pyrrole nitrogens is 1. The molecule has 114 valence electrons. The van der Waals surface area contributed by atoms with Crippen molar-refractivity contribution in [2.45, 2.75) is 42.9 Å². The molecule has 3 N–H and O–H groups in total. The average Bonchev–Trinajstić information content (AvgIpc) is 2.80. The molecule has 0 saturated heterocycles. The summed E-state index contributed by atoms with van der Waals surface area (Å²) in [6.07, 6.45) is 0.866. The summed E-state index contributed by atoms with van der Waals surface area (Å²) in [5.41, 5.74) is 6.79. The van der Waals surface area contributed by atoms with Crippen LogP contribution in [0.5, 0.6) is 5.75 Å². The van der Waals surface area contributed by atoms with Crippen LogP contribution in [-0.4, -0.2) is 21.9 Å². The van der Waals surface area contributed by atoms with E-state index >= 15 is 0 Å². The first-order chi connectivity index (χ1) is 10.1. The minimum Gasteiger partial charge on any atom is -0.496 e. The van der Waals surface area contributed by atoms with E-state index in [9.17, 15) is 4.79 Å². The van der Waals surface area contributed by atoms with Crippen LogP contribution in [-0.2, 0) is 6.54 Å². The molecule has 7 heteroatoms. The molecule has 0 aliphatic carbocycles. The zero-order valence-electron chi connectivity index (χ0n) is 12.4. The van der Waals surface area contributed by atoms with Crippen LogP contribution in [0.25, 0.3) is 0 Å². The molecule has 0 unspecified atom stereocenters. The van der Waals surface area contributed by atoms with E-state index in [0.29, 0.717) is 11.7 Å². The predicted octanol–water partition coefficient (Wildman–Crippen LogP) is 2.16. The maximum Gasteiger partial charge on any atom is 0.343 e. The Kier molecular flexibility index (Phi) is 5.08. The maximum atomic E-state index is 11.7. The molecule has 2 aromatic rings. The van der Waals surface area contributed by atoms with Crippen LogP contribution in [0.2, 0.25) is 0 Å². The summed E-state index contributed by atoms with van der Waals surface area (Å²) in [7, 11) is 1.62. The van der Waals surface area contributed by atoms with Crippen LogP contribution in [0, 0.1) is 0 Å². The van der Waals surface area contributed by atoms with Crippen molar-refractivity contribution in [2.24, 2.45) is 5.73 Å². The second-order valence-corrected chi connectivity index (χ2v) is 5.73. The van der Waals surface area contributed by atoms with Crippen molar-refractivity contribution < 1.29 is 4.74 Å². The Balaban J connectivity index is 2.42. The summed E-state index contributed by atoms with van der Waals surface area (Å²) in [6.45, 7) is 4.56. The number of nitrogens with zero attached hydrogens (tertiary/aromatic N) is 2. The van der Waals surface area contributed by atoms with Crippen molar-refractivity contribution >= 4 is 11.8 Å². The van der Waals surface area contributed by atoms with E-state index in [1.54, 1.807) is 11.7 Å². The lowest BCUT2D eigenvalue weighted by Crippen LogP contribution is -2.17. The van der Waals surface area contributed by atoms with Crippen LogP contribution in [0.3, 0.4) is 0 Å². The lowest BCUT2D eigenvalue weighted by molar-refractivity contribution is 0.405. The van der Waals surface area contributed by atoms with Crippen molar-refractivity contribution in [2.75, 3.05) is 7.11 Å². The molecule has 1 heterocycles. The van der Waals surface area contributed by atoms with Crippen LogP contribution in [0.15, 0.2) is 33.0 Å². The van der Waals surface area contributed by atoms with Crippen molar-refractivity contribution in [1.82, 2.24) is 14.8 Å².